The normalized spacial score (nSPS) is 12.9. The van der Waals surface area contributed by atoms with Crippen molar-refractivity contribution in [3.05, 3.63) is 78.6 Å². The van der Waals surface area contributed by atoms with Gasteiger partial charge in [-0.15, -0.1) is 6.58 Å². The lowest BCUT2D eigenvalue weighted by molar-refractivity contribution is 0.104. The lowest BCUT2D eigenvalue weighted by Gasteiger charge is -2.20. The molecule has 1 aromatic carbocycles. The van der Waals surface area contributed by atoms with Crippen LogP contribution < -0.4 is 0 Å². The maximum absolute atomic E-state index is 10.7. The number of rotatable bonds is 3. The number of hydrogen-bond donors (Lipinski definition) is 1. The molecule has 2 heteroatoms. The summed E-state index contributed by atoms with van der Waals surface area (Å²) in [4.78, 5) is 4.13. The molecule has 0 aliphatic carbocycles. The van der Waals surface area contributed by atoms with Gasteiger partial charge in [0.1, 0.15) is 5.69 Å². The second kappa shape index (κ2) is 5.99. The molecule has 2 rings (SSSR count). The van der Waals surface area contributed by atoms with Crippen molar-refractivity contribution in [3.8, 4) is 11.8 Å². The molecule has 1 heterocycles. The Bertz CT molecular complexity index is 595. The van der Waals surface area contributed by atoms with E-state index in [0.29, 0.717) is 12.1 Å². The standard InChI is InChI=1S/C17H15NO/c1-2-12-17(19,15-8-4-3-5-9-15)13-11-16-10-6-7-14-18-16/h2-10,14,19H,1,12H2. The Morgan fingerprint density at radius 2 is 1.89 bits per heavy atom. The molecule has 0 saturated carbocycles. The average molecular weight is 249 g/mol. The van der Waals surface area contributed by atoms with E-state index in [2.05, 4.69) is 23.4 Å². The average Bonchev–Trinajstić information content (AvgIpc) is 2.48. The van der Waals surface area contributed by atoms with E-state index in [1.165, 1.54) is 0 Å². The van der Waals surface area contributed by atoms with Crippen LogP contribution in [-0.2, 0) is 5.60 Å². The van der Waals surface area contributed by atoms with Crippen LogP contribution in [0.25, 0.3) is 0 Å². The summed E-state index contributed by atoms with van der Waals surface area (Å²) >= 11 is 0. The van der Waals surface area contributed by atoms with Gasteiger partial charge in [-0.25, -0.2) is 4.98 Å². The van der Waals surface area contributed by atoms with Gasteiger partial charge in [0, 0.05) is 12.6 Å². The predicted molar refractivity (Wildman–Crippen MR) is 76.3 cm³/mol. The third-order valence-electron chi connectivity index (χ3n) is 2.75. The van der Waals surface area contributed by atoms with Gasteiger partial charge >= 0.3 is 0 Å². The lowest BCUT2D eigenvalue weighted by Crippen LogP contribution is -2.22. The maximum atomic E-state index is 10.7. The fraction of sp³-hybridized carbons (Fsp3) is 0.118. The van der Waals surface area contributed by atoms with E-state index in [-0.39, 0.29) is 0 Å². The van der Waals surface area contributed by atoms with Gasteiger partial charge in [0.25, 0.3) is 0 Å². The van der Waals surface area contributed by atoms with Crippen molar-refractivity contribution in [1.29, 1.82) is 0 Å². The number of nitrogens with zero attached hydrogens (tertiary/aromatic N) is 1. The van der Waals surface area contributed by atoms with Crippen LogP contribution in [0, 0.1) is 11.8 Å². The third-order valence-corrected chi connectivity index (χ3v) is 2.75. The summed E-state index contributed by atoms with van der Waals surface area (Å²) in [5.41, 5.74) is 0.180. The Labute approximate surface area is 113 Å². The molecule has 2 aromatic rings. The fourth-order valence-electron chi connectivity index (χ4n) is 1.77. The highest BCUT2D eigenvalue weighted by molar-refractivity contribution is 5.37. The molecule has 0 radical (unpaired) electrons. The number of pyridine rings is 1. The Kier molecular flexibility index (Phi) is 4.12. The van der Waals surface area contributed by atoms with Crippen LogP contribution in [0.4, 0.5) is 0 Å². The minimum absolute atomic E-state index is 0.372. The molecule has 0 saturated heterocycles. The van der Waals surface area contributed by atoms with E-state index in [1.807, 2.05) is 48.5 Å². The van der Waals surface area contributed by atoms with Crippen molar-refractivity contribution in [3.63, 3.8) is 0 Å². The van der Waals surface area contributed by atoms with Gasteiger partial charge in [0.2, 0.25) is 0 Å². The molecule has 2 nitrogen and oxygen atoms in total. The second-order valence-electron chi connectivity index (χ2n) is 4.18. The van der Waals surface area contributed by atoms with E-state index in [4.69, 9.17) is 0 Å². The van der Waals surface area contributed by atoms with Gasteiger partial charge in [-0.05, 0) is 23.6 Å². The summed E-state index contributed by atoms with van der Waals surface area (Å²) in [6.07, 6.45) is 3.72. The summed E-state index contributed by atoms with van der Waals surface area (Å²) in [7, 11) is 0. The highest BCUT2D eigenvalue weighted by Crippen LogP contribution is 2.24. The van der Waals surface area contributed by atoms with E-state index < -0.39 is 5.60 Å². The van der Waals surface area contributed by atoms with Crippen molar-refractivity contribution in [2.45, 2.75) is 12.0 Å². The largest absolute Gasteiger partial charge is 0.373 e. The molecule has 0 bridgehead atoms. The minimum atomic E-state index is -1.22. The smallest absolute Gasteiger partial charge is 0.154 e. The molecule has 1 unspecified atom stereocenters. The number of aliphatic hydroxyl groups is 1. The quantitative estimate of drug-likeness (QED) is 0.670. The van der Waals surface area contributed by atoms with Gasteiger partial charge in [-0.2, -0.15) is 0 Å². The zero-order valence-electron chi connectivity index (χ0n) is 10.6. The zero-order valence-corrected chi connectivity index (χ0v) is 10.6. The molecule has 19 heavy (non-hydrogen) atoms. The number of benzene rings is 1. The van der Waals surface area contributed by atoms with Crippen LogP contribution in [0.15, 0.2) is 67.4 Å². The van der Waals surface area contributed by atoms with Crippen LogP contribution >= 0.6 is 0 Å². The first-order valence-corrected chi connectivity index (χ1v) is 6.07. The van der Waals surface area contributed by atoms with Crippen LogP contribution in [0.2, 0.25) is 0 Å². The Balaban J connectivity index is 2.36. The maximum Gasteiger partial charge on any atom is 0.154 e. The van der Waals surface area contributed by atoms with Crippen LogP contribution in [-0.4, -0.2) is 10.1 Å². The summed E-state index contributed by atoms with van der Waals surface area (Å²) in [5, 5.41) is 10.7. The summed E-state index contributed by atoms with van der Waals surface area (Å²) in [6.45, 7) is 3.68. The molecule has 0 spiro atoms. The number of aromatic nitrogens is 1. The molecule has 0 amide bonds. The summed E-state index contributed by atoms with van der Waals surface area (Å²) in [5.74, 6) is 5.81. The van der Waals surface area contributed by atoms with E-state index in [9.17, 15) is 5.11 Å². The summed E-state index contributed by atoms with van der Waals surface area (Å²) < 4.78 is 0. The fourth-order valence-corrected chi connectivity index (χ4v) is 1.77. The van der Waals surface area contributed by atoms with Crippen molar-refractivity contribution in [2.24, 2.45) is 0 Å². The monoisotopic (exact) mass is 249 g/mol. The molecule has 1 N–H and O–H groups in total. The van der Waals surface area contributed by atoms with Gasteiger partial charge in [-0.3, -0.25) is 0 Å². The van der Waals surface area contributed by atoms with Gasteiger partial charge < -0.3 is 5.11 Å². The molecular weight excluding hydrogens is 234 g/mol. The van der Waals surface area contributed by atoms with E-state index in [0.717, 1.165) is 5.56 Å². The number of hydrogen-bond acceptors (Lipinski definition) is 2. The Morgan fingerprint density at radius 3 is 2.53 bits per heavy atom. The first kappa shape index (κ1) is 13.1. The van der Waals surface area contributed by atoms with Gasteiger partial charge in [0.05, 0.1) is 0 Å². The third kappa shape index (κ3) is 3.31. The molecule has 0 aliphatic heterocycles. The SMILES string of the molecule is C=CCC(O)(C#Cc1ccccn1)c1ccccc1. The molecule has 94 valence electrons. The van der Waals surface area contributed by atoms with Crippen LogP contribution in [0.3, 0.4) is 0 Å². The topological polar surface area (TPSA) is 33.1 Å². The Morgan fingerprint density at radius 1 is 1.16 bits per heavy atom. The minimum Gasteiger partial charge on any atom is -0.373 e. The van der Waals surface area contributed by atoms with Crippen molar-refractivity contribution in [1.82, 2.24) is 4.98 Å². The molecule has 1 atom stereocenters. The highest BCUT2D eigenvalue weighted by Gasteiger charge is 2.24. The van der Waals surface area contributed by atoms with Gasteiger partial charge in [0.15, 0.2) is 5.60 Å². The molecular formula is C17H15NO. The molecule has 0 aliphatic rings. The van der Waals surface area contributed by atoms with E-state index >= 15 is 0 Å². The van der Waals surface area contributed by atoms with Crippen LogP contribution in [0.5, 0.6) is 0 Å². The van der Waals surface area contributed by atoms with Crippen molar-refractivity contribution in [2.75, 3.05) is 0 Å². The van der Waals surface area contributed by atoms with E-state index in [1.54, 1.807) is 12.3 Å². The van der Waals surface area contributed by atoms with Crippen molar-refractivity contribution < 1.29 is 5.11 Å². The second-order valence-corrected chi connectivity index (χ2v) is 4.18. The Hall–Kier alpha value is -2.37. The molecule has 0 fully saturated rings. The summed E-state index contributed by atoms with van der Waals surface area (Å²) in [6, 6.07) is 14.9. The first-order valence-electron chi connectivity index (χ1n) is 6.07. The zero-order chi connectivity index (χ0) is 13.6. The molecule has 1 aromatic heterocycles. The van der Waals surface area contributed by atoms with Crippen molar-refractivity contribution >= 4 is 0 Å². The van der Waals surface area contributed by atoms with Gasteiger partial charge in [-0.1, -0.05) is 48.4 Å². The highest BCUT2D eigenvalue weighted by atomic mass is 16.3. The lowest BCUT2D eigenvalue weighted by atomic mass is 9.91. The van der Waals surface area contributed by atoms with Crippen LogP contribution in [0.1, 0.15) is 17.7 Å². The first-order chi connectivity index (χ1) is 9.24. The predicted octanol–water partition coefficient (Wildman–Crippen LogP) is 2.90.